The normalized spacial score (nSPS) is 19.5. The third-order valence-electron chi connectivity index (χ3n) is 4.97. The number of rotatable bonds is 4. The molecule has 3 rings (SSSR count). The summed E-state index contributed by atoms with van der Waals surface area (Å²) in [6.45, 7) is 8.06. The molecule has 0 spiro atoms. The summed E-state index contributed by atoms with van der Waals surface area (Å²) in [6.07, 6.45) is 0. The molecule has 1 aromatic carbocycles. The number of carbonyl (C=O) groups is 2. The number of nitrogens with one attached hydrogen (secondary N) is 2. The molecule has 2 amide bonds. The van der Waals surface area contributed by atoms with E-state index in [9.17, 15) is 9.59 Å². The van der Waals surface area contributed by atoms with Crippen LogP contribution in [-0.4, -0.2) is 56.1 Å². The highest BCUT2D eigenvalue weighted by Crippen LogP contribution is 2.22. The van der Waals surface area contributed by atoms with Crippen molar-refractivity contribution in [1.29, 1.82) is 0 Å². The number of amides is 2. The number of hydrogen-bond donors (Lipinski definition) is 2. The van der Waals surface area contributed by atoms with E-state index in [4.69, 9.17) is 4.74 Å². The summed E-state index contributed by atoms with van der Waals surface area (Å²) < 4.78 is 5.29. The first kappa shape index (κ1) is 16.9. The van der Waals surface area contributed by atoms with Crippen LogP contribution >= 0.6 is 0 Å². The Balaban J connectivity index is 1.71. The Hall–Kier alpha value is -1.92. The van der Waals surface area contributed by atoms with Gasteiger partial charge in [0.25, 0.3) is 5.91 Å². The Morgan fingerprint density at radius 2 is 2.00 bits per heavy atom. The summed E-state index contributed by atoms with van der Waals surface area (Å²) in [5.41, 5.74) is 2.29. The summed E-state index contributed by atoms with van der Waals surface area (Å²) in [5.74, 6) is 0.360. The van der Waals surface area contributed by atoms with Gasteiger partial charge in [-0.3, -0.25) is 9.59 Å². The summed E-state index contributed by atoms with van der Waals surface area (Å²) in [6, 6.07) is 5.50. The average Bonchev–Trinajstić information content (AvgIpc) is 2.55. The quantitative estimate of drug-likeness (QED) is 0.871. The molecule has 0 radical (unpaired) electrons. The second-order valence-electron chi connectivity index (χ2n) is 6.63. The lowest BCUT2D eigenvalue weighted by atomic mass is 9.88. The first-order valence-corrected chi connectivity index (χ1v) is 8.55. The van der Waals surface area contributed by atoms with E-state index >= 15 is 0 Å². The van der Waals surface area contributed by atoms with Gasteiger partial charge in [-0.2, -0.15) is 0 Å². The Morgan fingerprint density at radius 1 is 1.29 bits per heavy atom. The summed E-state index contributed by atoms with van der Waals surface area (Å²) in [4.78, 5) is 26.8. The minimum absolute atomic E-state index is 0.00922. The van der Waals surface area contributed by atoms with E-state index in [1.165, 1.54) is 0 Å². The predicted octanol–water partition coefficient (Wildman–Crippen LogP) is 1.26. The lowest BCUT2D eigenvalue weighted by Gasteiger charge is -2.32. The predicted molar refractivity (Wildman–Crippen MR) is 92.1 cm³/mol. The van der Waals surface area contributed by atoms with Crippen molar-refractivity contribution in [1.82, 2.24) is 10.2 Å². The van der Waals surface area contributed by atoms with Crippen LogP contribution in [0.25, 0.3) is 0 Å². The minimum atomic E-state index is -0.0377. The van der Waals surface area contributed by atoms with Gasteiger partial charge in [0.15, 0.2) is 0 Å². The van der Waals surface area contributed by atoms with Crippen molar-refractivity contribution >= 4 is 17.5 Å². The molecule has 1 aromatic rings. The Kier molecular flexibility index (Phi) is 5.16. The highest BCUT2D eigenvalue weighted by molar-refractivity contribution is 5.98. The molecule has 6 heteroatoms. The molecule has 0 saturated carbocycles. The van der Waals surface area contributed by atoms with Crippen LogP contribution in [-0.2, 0) is 9.53 Å². The molecule has 2 aliphatic rings. The number of hydrogen-bond acceptors (Lipinski definition) is 4. The molecule has 130 valence electrons. The van der Waals surface area contributed by atoms with E-state index in [0.29, 0.717) is 37.8 Å². The van der Waals surface area contributed by atoms with Crippen LogP contribution < -0.4 is 10.6 Å². The van der Waals surface area contributed by atoms with E-state index < -0.39 is 0 Å². The number of ether oxygens (including phenoxy) is 1. The van der Waals surface area contributed by atoms with Crippen LogP contribution in [0.5, 0.6) is 0 Å². The van der Waals surface area contributed by atoms with Crippen molar-refractivity contribution in [2.45, 2.75) is 13.8 Å². The van der Waals surface area contributed by atoms with Crippen LogP contribution in [0.1, 0.15) is 22.8 Å². The van der Waals surface area contributed by atoms with Gasteiger partial charge in [0.1, 0.15) is 0 Å². The molecule has 2 saturated heterocycles. The van der Waals surface area contributed by atoms with Crippen molar-refractivity contribution in [2.75, 3.05) is 44.7 Å². The molecule has 1 atom stereocenters. The Morgan fingerprint density at radius 3 is 2.62 bits per heavy atom. The zero-order chi connectivity index (χ0) is 17.1. The summed E-state index contributed by atoms with van der Waals surface area (Å²) in [7, 11) is 0. The molecule has 6 nitrogen and oxygen atoms in total. The molecule has 2 N–H and O–H groups in total. The highest BCUT2D eigenvalue weighted by Gasteiger charge is 2.29. The maximum Gasteiger partial charge on any atom is 0.254 e. The monoisotopic (exact) mass is 331 g/mol. The number of nitrogens with zero attached hydrogens (tertiary/aromatic N) is 1. The van der Waals surface area contributed by atoms with Gasteiger partial charge in [0.2, 0.25) is 5.91 Å². The minimum Gasteiger partial charge on any atom is -0.378 e. The third kappa shape index (κ3) is 3.60. The Labute approximate surface area is 142 Å². The fourth-order valence-corrected chi connectivity index (χ4v) is 2.96. The van der Waals surface area contributed by atoms with E-state index in [1.807, 2.05) is 26.0 Å². The second-order valence-corrected chi connectivity index (χ2v) is 6.63. The van der Waals surface area contributed by atoms with Gasteiger partial charge >= 0.3 is 0 Å². The first-order valence-electron chi connectivity index (χ1n) is 8.55. The topological polar surface area (TPSA) is 70.7 Å². The van der Waals surface area contributed by atoms with Crippen molar-refractivity contribution in [2.24, 2.45) is 11.8 Å². The zero-order valence-electron chi connectivity index (χ0n) is 14.3. The number of aryl methyl sites for hydroxylation is 1. The van der Waals surface area contributed by atoms with Crippen LogP contribution in [0, 0.1) is 18.8 Å². The molecule has 24 heavy (non-hydrogen) atoms. The SMILES string of the molecule is Cc1ccc(C(=O)N2CCOCC2)cc1NC(=O)C(C)C1CNC1. The third-order valence-corrected chi connectivity index (χ3v) is 4.97. The van der Waals surface area contributed by atoms with Crippen molar-refractivity contribution in [3.05, 3.63) is 29.3 Å². The fourth-order valence-electron chi connectivity index (χ4n) is 2.96. The van der Waals surface area contributed by atoms with E-state index in [-0.39, 0.29) is 17.7 Å². The molecular weight excluding hydrogens is 306 g/mol. The molecular formula is C18H25N3O3. The van der Waals surface area contributed by atoms with Gasteiger partial charge in [-0.05, 0) is 43.6 Å². The van der Waals surface area contributed by atoms with Gasteiger partial charge in [-0.1, -0.05) is 13.0 Å². The van der Waals surface area contributed by atoms with Gasteiger partial charge < -0.3 is 20.3 Å². The van der Waals surface area contributed by atoms with Crippen molar-refractivity contribution in [3.8, 4) is 0 Å². The van der Waals surface area contributed by atoms with E-state index in [0.717, 1.165) is 24.3 Å². The van der Waals surface area contributed by atoms with Gasteiger partial charge in [-0.25, -0.2) is 0 Å². The molecule has 0 bridgehead atoms. The molecule has 0 aromatic heterocycles. The van der Waals surface area contributed by atoms with Crippen molar-refractivity contribution < 1.29 is 14.3 Å². The summed E-state index contributed by atoms with van der Waals surface area (Å²) >= 11 is 0. The zero-order valence-corrected chi connectivity index (χ0v) is 14.3. The van der Waals surface area contributed by atoms with E-state index in [2.05, 4.69) is 10.6 Å². The van der Waals surface area contributed by atoms with Gasteiger partial charge in [0, 0.05) is 30.3 Å². The maximum absolute atomic E-state index is 12.6. The smallest absolute Gasteiger partial charge is 0.254 e. The second kappa shape index (κ2) is 7.32. The van der Waals surface area contributed by atoms with Crippen LogP contribution in [0.2, 0.25) is 0 Å². The number of morpholine rings is 1. The first-order chi connectivity index (χ1) is 11.6. The molecule has 2 aliphatic heterocycles. The standard InChI is InChI=1S/C18H25N3O3/c1-12-3-4-14(18(23)21-5-7-24-8-6-21)9-16(12)20-17(22)13(2)15-10-19-11-15/h3-4,9,13,15,19H,5-8,10-11H2,1-2H3,(H,20,22). The molecule has 1 unspecified atom stereocenters. The lowest BCUT2D eigenvalue weighted by molar-refractivity contribution is -0.121. The van der Waals surface area contributed by atoms with E-state index in [1.54, 1.807) is 11.0 Å². The Bertz CT molecular complexity index is 622. The number of carbonyl (C=O) groups excluding carboxylic acids is 2. The van der Waals surface area contributed by atoms with Gasteiger partial charge in [-0.15, -0.1) is 0 Å². The number of anilines is 1. The molecule has 0 aliphatic carbocycles. The number of benzene rings is 1. The highest BCUT2D eigenvalue weighted by atomic mass is 16.5. The average molecular weight is 331 g/mol. The van der Waals surface area contributed by atoms with Gasteiger partial charge in [0.05, 0.1) is 13.2 Å². The summed E-state index contributed by atoms with van der Waals surface area (Å²) in [5, 5.41) is 6.19. The van der Waals surface area contributed by atoms with Crippen LogP contribution in [0.15, 0.2) is 18.2 Å². The lowest BCUT2D eigenvalue weighted by Crippen LogP contribution is -2.48. The van der Waals surface area contributed by atoms with Crippen LogP contribution in [0.3, 0.4) is 0 Å². The fraction of sp³-hybridized carbons (Fsp3) is 0.556. The maximum atomic E-state index is 12.6. The van der Waals surface area contributed by atoms with Crippen LogP contribution in [0.4, 0.5) is 5.69 Å². The van der Waals surface area contributed by atoms with Crippen molar-refractivity contribution in [3.63, 3.8) is 0 Å². The molecule has 2 fully saturated rings. The largest absolute Gasteiger partial charge is 0.378 e. The molecule has 2 heterocycles.